The van der Waals surface area contributed by atoms with Crippen LogP contribution in [0.1, 0.15) is 11.6 Å². The second-order valence-electron chi connectivity index (χ2n) is 3.36. The Morgan fingerprint density at radius 3 is 2.22 bits per heavy atom. The summed E-state index contributed by atoms with van der Waals surface area (Å²) in [5.41, 5.74) is 5.43. The van der Waals surface area contributed by atoms with Crippen molar-refractivity contribution in [3.63, 3.8) is 0 Å². The molecule has 0 radical (unpaired) electrons. The third-order valence-electron chi connectivity index (χ3n) is 2.40. The first-order chi connectivity index (χ1) is 8.47. The molecule has 0 saturated heterocycles. The van der Waals surface area contributed by atoms with Crippen LogP contribution in [0, 0.1) is 5.82 Å². The van der Waals surface area contributed by atoms with Gasteiger partial charge in [-0.2, -0.15) is 4.39 Å². The summed E-state index contributed by atoms with van der Waals surface area (Å²) < 4.78 is 28.6. The Hall–Kier alpha value is -2.02. The predicted octanol–water partition coefficient (Wildman–Crippen LogP) is 0.936. The van der Waals surface area contributed by atoms with Crippen LogP contribution in [0.5, 0.6) is 17.2 Å². The maximum Gasteiger partial charge on any atom is 0.325 e. The normalized spacial score (nSPS) is 11.8. The van der Waals surface area contributed by atoms with Gasteiger partial charge in [0, 0.05) is 5.56 Å². The van der Waals surface area contributed by atoms with Gasteiger partial charge in [-0.25, -0.2) is 0 Å². The number of rotatable bonds is 5. The zero-order chi connectivity index (χ0) is 13.9. The smallest absolute Gasteiger partial charge is 0.325 e. The van der Waals surface area contributed by atoms with Gasteiger partial charge in [-0.15, -0.1) is 0 Å². The van der Waals surface area contributed by atoms with E-state index in [1.54, 1.807) is 0 Å². The third-order valence-corrected chi connectivity index (χ3v) is 2.40. The molecule has 1 unspecified atom stereocenters. The first-order valence-corrected chi connectivity index (χ1v) is 4.94. The van der Waals surface area contributed by atoms with Crippen molar-refractivity contribution >= 4 is 5.97 Å². The van der Waals surface area contributed by atoms with Crippen LogP contribution < -0.4 is 19.9 Å². The van der Waals surface area contributed by atoms with Gasteiger partial charge in [0.25, 0.3) is 0 Å². The molecule has 0 aromatic heterocycles. The fourth-order valence-electron chi connectivity index (χ4n) is 1.52. The van der Waals surface area contributed by atoms with Gasteiger partial charge < -0.3 is 25.1 Å². The van der Waals surface area contributed by atoms with Crippen LogP contribution in [0.3, 0.4) is 0 Å². The summed E-state index contributed by atoms with van der Waals surface area (Å²) in [5.74, 6) is -2.56. The Morgan fingerprint density at radius 2 is 1.83 bits per heavy atom. The lowest BCUT2D eigenvalue weighted by atomic mass is 10.0. The van der Waals surface area contributed by atoms with Crippen LogP contribution in [0.4, 0.5) is 4.39 Å². The molecule has 1 atom stereocenters. The second-order valence-corrected chi connectivity index (χ2v) is 3.36. The van der Waals surface area contributed by atoms with Gasteiger partial charge in [0.05, 0.1) is 21.3 Å². The van der Waals surface area contributed by atoms with Gasteiger partial charge in [-0.05, 0) is 6.07 Å². The standard InChI is InChI=1S/C11H14FNO5/c1-16-6-4-5(8(13)11(14)15)9(17-2)7(12)10(6)18-3/h4,8H,13H2,1-3H3,(H,14,15). The summed E-state index contributed by atoms with van der Waals surface area (Å²) in [6, 6.07) is -0.145. The molecule has 1 aromatic rings. The monoisotopic (exact) mass is 259 g/mol. The molecule has 18 heavy (non-hydrogen) atoms. The SMILES string of the molecule is COc1cc(C(N)C(=O)O)c(OC)c(F)c1OC. The number of aliphatic carboxylic acids is 1. The lowest BCUT2D eigenvalue weighted by molar-refractivity contribution is -0.138. The molecule has 1 rings (SSSR count). The van der Waals surface area contributed by atoms with Crippen molar-refractivity contribution in [3.05, 3.63) is 17.4 Å². The molecule has 0 aliphatic rings. The number of ether oxygens (including phenoxy) is 3. The summed E-state index contributed by atoms with van der Waals surface area (Å²) in [6.45, 7) is 0. The molecule has 0 aliphatic heterocycles. The number of hydrogen-bond acceptors (Lipinski definition) is 5. The van der Waals surface area contributed by atoms with Gasteiger partial charge in [-0.3, -0.25) is 4.79 Å². The van der Waals surface area contributed by atoms with Gasteiger partial charge in [0.15, 0.2) is 11.5 Å². The molecule has 0 amide bonds. The van der Waals surface area contributed by atoms with Crippen LogP contribution >= 0.6 is 0 Å². The number of carboxylic acid groups (broad SMARTS) is 1. The summed E-state index contributed by atoms with van der Waals surface area (Å²) in [7, 11) is 3.78. The van der Waals surface area contributed by atoms with Crippen LogP contribution in [0.2, 0.25) is 0 Å². The van der Waals surface area contributed by atoms with E-state index in [1.165, 1.54) is 27.4 Å². The predicted molar refractivity (Wildman–Crippen MR) is 60.6 cm³/mol. The van der Waals surface area contributed by atoms with E-state index in [0.29, 0.717) is 0 Å². The van der Waals surface area contributed by atoms with E-state index in [9.17, 15) is 9.18 Å². The highest BCUT2D eigenvalue weighted by Crippen LogP contribution is 2.40. The van der Waals surface area contributed by atoms with Crippen molar-refractivity contribution in [2.75, 3.05) is 21.3 Å². The number of halogens is 1. The number of carbonyl (C=O) groups is 1. The maximum atomic E-state index is 14.0. The first kappa shape index (κ1) is 14.0. The number of nitrogens with two attached hydrogens (primary N) is 1. The molecule has 1 aromatic carbocycles. The van der Waals surface area contributed by atoms with Gasteiger partial charge in [0.1, 0.15) is 6.04 Å². The quantitative estimate of drug-likeness (QED) is 0.817. The highest BCUT2D eigenvalue weighted by molar-refractivity contribution is 5.77. The maximum absolute atomic E-state index is 14.0. The first-order valence-electron chi connectivity index (χ1n) is 4.94. The molecule has 6 nitrogen and oxygen atoms in total. The zero-order valence-electron chi connectivity index (χ0n) is 10.2. The number of methoxy groups -OCH3 is 3. The molecule has 0 bridgehead atoms. The molecule has 7 heteroatoms. The molecular weight excluding hydrogens is 245 g/mol. The Bertz CT molecular complexity index is 463. The number of carboxylic acids is 1. The minimum Gasteiger partial charge on any atom is -0.493 e. The molecule has 100 valence electrons. The van der Waals surface area contributed by atoms with Gasteiger partial charge in [0.2, 0.25) is 11.6 Å². The van der Waals surface area contributed by atoms with Crippen molar-refractivity contribution in [2.24, 2.45) is 5.73 Å². The largest absolute Gasteiger partial charge is 0.493 e. The molecule has 0 saturated carbocycles. The van der Waals surface area contributed by atoms with Crippen LogP contribution in [0.25, 0.3) is 0 Å². The topological polar surface area (TPSA) is 91.0 Å². The molecule has 0 spiro atoms. The average Bonchev–Trinajstić information content (AvgIpc) is 2.36. The average molecular weight is 259 g/mol. The Kier molecular flexibility index (Phi) is 4.33. The molecular formula is C11H14FNO5. The lowest BCUT2D eigenvalue weighted by Crippen LogP contribution is -2.22. The van der Waals surface area contributed by atoms with Crippen molar-refractivity contribution in [1.82, 2.24) is 0 Å². The van der Waals surface area contributed by atoms with Crippen LogP contribution in [0.15, 0.2) is 6.07 Å². The van der Waals surface area contributed by atoms with Gasteiger partial charge >= 0.3 is 5.97 Å². The van der Waals surface area contributed by atoms with E-state index in [4.69, 9.17) is 25.1 Å². The Morgan fingerprint density at radius 1 is 1.28 bits per heavy atom. The van der Waals surface area contributed by atoms with E-state index in [1.807, 2.05) is 0 Å². The van der Waals surface area contributed by atoms with E-state index in [-0.39, 0.29) is 22.8 Å². The van der Waals surface area contributed by atoms with E-state index in [0.717, 1.165) is 0 Å². The number of benzene rings is 1. The van der Waals surface area contributed by atoms with Crippen molar-refractivity contribution < 1.29 is 28.5 Å². The molecule has 0 aliphatic carbocycles. The van der Waals surface area contributed by atoms with Crippen LogP contribution in [-0.4, -0.2) is 32.4 Å². The summed E-state index contributed by atoms with van der Waals surface area (Å²) in [4.78, 5) is 10.9. The minimum absolute atomic E-state index is 0.0276. The van der Waals surface area contributed by atoms with E-state index < -0.39 is 17.8 Å². The molecule has 0 fully saturated rings. The van der Waals surface area contributed by atoms with E-state index in [2.05, 4.69) is 0 Å². The highest BCUT2D eigenvalue weighted by Gasteiger charge is 2.27. The molecule has 0 heterocycles. The summed E-state index contributed by atoms with van der Waals surface area (Å²) in [5, 5.41) is 8.86. The van der Waals surface area contributed by atoms with E-state index >= 15 is 0 Å². The molecule has 3 N–H and O–H groups in total. The summed E-state index contributed by atoms with van der Waals surface area (Å²) >= 11 is 0. The highest BCUT2D eigenvalue weighted by atomic mass is 19.1. The summed E-state index contributed by atoms with van der Waals surface area (Å²) in [6.07, 6.45) is 0. The fourth-order valence-corrected chi connectivity index (χ4v) is 1.52. The third kappa shape index (κ3) is 2.30. The van der Waals surface area contributed by atoms with Crippen molar-refractivity contribution in [2.45, 2.75) is 6.04 Å². The van der Waals surface area contributed by atoms with Gasteiger partial charge in [-0.1, -0.05) is 0 Å². The van der Waals surface area contributed by atoms with Crippen molar-refractivity contribution in [1.29, 1.82) is 0 Å². The van der Waals surface area contributed by atoms with Crippen LogP contribution in [-0.2, 0) is 4.79 Å². The lowest BCUT2D eigenvalue weighted by Gasteiger charge is -2.17. The Labute approximate surface area is 103 Å². The van der Waals surface area contributed by atoms with Crippen molar-refractivity contribution in [3.8, 4) is 17.2 Å². The Balaban J connectivity index is 3.51. The second kappa shape index (κ2) is 5.54. The number of hydrogen-bond donors (Lipinski definition) is 2. The fraction of sp³-hybridized carbons (Fsp3) is 0.364. The zero-order valence-corrected chi connectivity index (χ0v) is 10.2. The minimum atomic E-state index is -1.42.